The Bertz CT molecular complexity index is 1610. The molecule has 3 aromatic carbocycles. The van der Waals surface area contributed by atoms with Gasteiger partial charge in [0.1, 0.15) is 10.8 Å². The maximum atomic E-state index is 13.1. The van der Waals surface area contributed by atoms with Gasteiger partial charge in [-0.1, -0.05) is 60.7 Å². The number of allylic oxidation sites excluding steroid dienone is 2. The van der Waals surface area contributed by atoms with Crippen molar-refractivity contribution in [3.05, 3.63) is 102 Å². The minimum Gasteiger partial charge on any atom is -0.495 e. The van der Waals surface area contributed by atoms with Crippen LogP contribution in [0.15, 0.2) is 89.3 Å². The van der Waals surface area contributed by atoms with Crippen LogP contribution in [0.1, 0.15) is 46.7 Å². The molecule has 1 atom stereocenters. The highest BCUT2D eigenvalue weighted by Crippen LogP contribution is 2.37. The summed E-state index contributed by atoms with van der Waals surface area (Å²) in [6.07, 6.45) is 6.85. The molecule has 1 heterocycles. The predicted molar refractivity (Wildman–Crippen MR) is 154 cm³/mol. The van der Waals surface area contributed by atoms with Crippen LogP contribution < -0.4 is 9.46 Å². The molecule has 1 aliphatic rings. The summed E-state index contributed by atoms with van der Waals surface area (Å²) in [6, 6.07) is 23.1. The lowest BCUT2D eigenvalue weighted by molar-refractivity contribution is 0.0600. The van der Waals surface area contributed by atoms with E-state index >= 15 is 0 Å². The van der Waals surface area contributed by atoms with Gasteiger partial charge >= 0.3 is 5.97 Å². The highest BCUT2D eigenvalue weighted by molar-refractivity contribution is 7.94. The van der Waals surface area contributed by atoms with Gasteiger partial charge in [-0.2, -0.15) is 0 Å². The molecule has 39 heavy (non-hydrogen) atoms. The van der Waals surface area contributed by atoms with Gasteiger partial charge in [0.25, 0.3) is 10.0 Å². The molecule has 5 rings (SSSR count). The quantitative estimate of drug-likeness (QED) is 0.239. The summed E-state index contributed by atoms with van der Waals surface area (Å²) in [7, 11) is -1.26. The van der Waals surface area contributed by atoms with Gasteiger partial charge in [0.2, 0.25) is 0 Å². The molecule has 0 radical (unpaired) electrons. The van der Waals surface area contributed by atoms with Crippen molar-refractivity contribution in [2.75, 3.05) is 18.9 Å². The largest absolute Gasteiger partial charge is 0.495 e. The lowest BCUT2D eigenvalue weighted by Gasteiger charge is -2.22. The zero-order valence-electron chi connectivity index (χ0n) is 21.6. The minimum atomic E-state index is -3.92. The van der Waals surface area contributed by atoms with E-state index in [-0.39, 0.29) is 21.2 Å². The summed E-state index contributed by atoms with van der Waals surface area (Å²) in [5.74, 6) is 0.218. The number of hydrogen-bond acceptors (Lipinski definition) is 7. The van der Waals surface area contributed by atoms with Crippen molar-refractivity contribution in [2.24, 2.45) is 0 Å². The van der Waals surface area contributed by atoms with Crippen LogP contribution in [0.4, 0.5) is 5.69 Å². The van der Waals surface area contributed by atoms with Gasteiger partial charge in [0.05, 0.1) is 31.7 Å². The number of ether oxygens (including phenoxy) is 2. The Morgan fingerprint density at radius 1 is 1.00 bits per heavy atom. The van der Waals surface area contributed by atoms with Gasteiger partial charge < -0.3 is 9.47 Å². The maximum absolute atomic E-state index is 13.1. The van der Waals surface area contributed by atoms with Crippen molar-refractivity contribution in [3.63, 3.8) is 0 Å². The second-order valence-corrected chi connectivity index (χ2v) is 12.1. The topological polar surface area (TPSA) is 94.6 Å². The zero-order chi connectivity index (χ0) is 27.4. The van der Waals surface area contributed by atoms with Crippen LogP contribution >= 0.6 is 11.3 Å². The Morgan fingerprint density at radius 3 is 2.41 bits per heavy atom. The summed E-state index contributed by atoms with van der Waals surface area (Å²) in [5.41, 5.74) is 5.22. The number of aromatic nitrogens is 1. The number of rotatable bonds is 8. The second kappa shape index (κ2) is 11.4. The molecule has 200 valence electrons. The molecule has 9 heteroatoms. The van der Waals surface area contributed by atoms with E-state index in [2.05, 4.69) is 58.2 Å². The Hall–Kier alpha value is -3.95. The van der Waals surface area contributed by atoms with Gasteiger partial charge in [0.15, 0.2) is 4.21 Å². The molecule has 0 spiro atoms. The first-order chi connectivity index (χ1) is 18.9. The molecule has 0 saturated carbocycles. The summed E-state index contributed by atoms with van der Waals surface area (Å²) < 4.78 is 38.8. The Balaban J connectivity index is 1.29. The number of esters is 1. The van der Waals surface area contributed by atoms with Crippen molar-refractivity contribution in [3.8, 4) is 16.3 Å². The smallest absolute Gasteiger partial charge is 0.337 e. The zero-order valence-corrected chi connectivity index (χ0v) is 23.2. The third kappa shape index (κ3) is 5.89. The lowest BCUT2D eigenvalue weighted by atomic mass is 9.82. The van der Waals surface area contributed by atoms with Crippen molar-refractivity contribution < 1.29 is 22.7 Å². The van der Waals surface area contributed by atoms with E-state index in [4.69, 9.17) is 9.47 Å². The molecule has 0 bridgehead atoms. The standard InChI is InChI=1S/C30H28N2O5S2/c1-36-27-18-25(30(33)37-2)16-17-26(27)32-39(34,35)28-19-31-29(38-28)24-14-12-23(13-15-24)22-10-8-21(9-11-22)20-6-4-3-5-7-20/h3-7,10,12-19,21,32H,8-9,11H2,1-2H3. The fourth-order valence-electron chi connectivity index (χ4n) is 4.68. The van der Waals surface area contributed by atoms with Crippen molar-refractivity contribution in [2.45, 2.75) is 29.4 Å². The van der Waals surface area contributed by atoms with Gasteiger partial charge in [-0.25, -0.2) is 18.2 Å². The van der Waals surface area contributed by atoms with Crippen LogP contribution in [0, 0.1) is 0 Å². The highest BCUT2D eigenvalue weighted by atomic mass is 32.2. The molecule has 1 aromatic heterocycles. The third-order valence-electron chi connectivity index (χ3n) is 6.80. The van der Waals surface area contributed by atoms with E-state index < -0.39 is 16.0 Å². The molecular formula is C30H28N2O5S2. The van der Waals surface area contributed by atoms with Crippen molar-refractivity contribution in [1.82, 2.24) is 4.98 Å². The SMILES string of the molecule is COC(=O)c1ccc(NS(=O)(=O)c2cnc(-c3ccc(C4=CCC(c5ccccc5)CC4)cc3)s2)c(OC)c1. The summed E-state index contributed by atoms with van der Waals surface area (Å²) in [5, 5.41) is 0.608. The molecule has 4 aromatic rings. The first kappa shape index (κ1) is 26.6. The second-order valence-electron chi connectivity index (χ2n) is 9.19. The number of sulfonamides is 1. The monoisotopic (exact) mass is 560 g/mol. The van der Waals surface area contributed by atoms with Gasteiger partial charge in [-0.15, -0.1) is 11.3 Å². The number of nitrogens with zero attached hydrogens (tertiary/aromatic N) is 1. The minimum absolute atomic E-state index is 0.0719. The van der Waals surface area contributed by atoms with E-state index in [0.717, 1.165) is 36.2 Å². The van der Waals surface area contributed by atoms with E-state index in [1.165, 1.54) is 55.3 Å². The van der Waals surface area contributed by atoms with Gasteiger partial charge in [0, 0.05) is 5.56 Å². The number of thiazole rings is 1. The number of benzene rings is 3. The van der Waals surface area contributed by atoms with Crippen LogP contribution in [0.2, 0.25) is 0 Å². The molecule has 0 fully saturated rings. The van der Waals surface area contributed by atoms with Crippen LogP contribution in [0.25, 0.3) is 16.1 Å². The first-order valence-corrected chi connectivity index (χ1v) is 14.8. The molecule has 1 aliphatic carbocycles. The van der Waals surface area contributed by atoms with Crippen LogP contribution in [-0.4, -0.2) is 33.6 Å². The number of nitrogens with one attached hydrogen (secondary N) is 1. The van der Waals surface area contributed by atoms with E-state index in [0.29, 0.717) is 10.9 Å². The maximum Gasteiger partial charge on any atom is 0.337 e. The first-order valence-electron chi connectivity index (χ1n) is 12.5. The van der Waals surface area contributed by atoms with Crippen molar-refractivity contribution >= 4 is 38.6 Å². The molecule has 0 saturated heterocycles. The number of anilines is 1. The summed E-state index contributed by atoms with van der Waals surface area (Å²) in [6.45, 7) is 0. The molecule has 1 unspecified atom stereocenters. The molecule has 7 nitrogen and oxygen atoms in total. The number of hydrogen-bond donors (Lipinski definition) is 1. The van der Waals surface area contributed by atoms with Gasteiger partial charge in [-0.05, 0) is 60.1 Å². The predicted octanol–water partition coefficient (Wildman–Crippen LogP) is 6.76. The lowest BCUT2D eigenvalue weighted by Crippen LogP contribution is -2.13. The summed E-state index contributed by atoms with van der Waals surface area (Å²) in [4.78, 5) is 16.2. The molecular weight excluding hydrogens is 532 g/mol. The van der Waals surface area contributed by atoms with Crippen LogP contribution in [0.5, 0.6) is 5.75 Å². The fourth-order valence-corrected chi connectivity index (χ4v) is 6.89. The van der Waals surface area contributed by atoms with E-state index in [9.17, 15) is 13.2 Å². The average Bonchev–Trinajstić information content (AvgIpc) is 3.49. The van der Waals surface area contributed by atoms with Crippen LogP contribution in [-0.2, 0) is 14.8 Å². The number of methoxy groups -OCH3 is 2. The van der Waals surface area contributed by atoms with E-state index in [1.807, 2.05) is 12.1 Å². The number of carbonyl (C=O) groups is 1. The Labute approximate surface area is 232 Å². The third-order valence-corrected chi connectivity index (χ3v) is 9.67. The van der Waals surface area contributed by atoms with E-state index in [1.54, 1.807) is 0 Å². The van der Waals surface area contributed by atoms with Crippen LogP contribution in [0.3, 0.4) is 0 Å². The Morgan fingerprint density at radius 2 is 1.74 bits per heavy atom. The normalized spacial score (nSPS) is 15.3. The fraction of sp³-hybridized carbons (Fsp3) is 0.200. The van der Waals surface area contributed by atoms with Gasteiger partial charge in [-0.3, -0.25) is 4.72 Å². The Kier molecular flexibility index (Phi) is 7.81. The summed E-state index contributed by atoms with van der Waals surface area (Å²) >= 11 is 1.09. The highest BCUT2D eigenvalue weighted by Gasteiger charge is 2.22. The van der Waals surface area contributed by atoms with Crippen molar-refractivity contribution in [1.29, 1.82) is 0 Å². The molecule has 0 amide bonds. The average molecular weight is 561 g/mol. The molecule has 0 aliphatic heterocycles. The number of carbonyl (C=O) groups excluding carboxylic acids is 1. The molecule has 1 N–H and O–H groups in total.